The monoisotopic (exact) mass is 159 g/mol. The van der Waals surface area contributed by atoms with E-state index in [1.165, 1.54) is 0 Å². The van der Waals surface area contributed by atoms with E-state index in [1.807, 2.05) is 19.9 Å². The molecule has 0 fully saturated rings. The van der Waals surface area contributed by atoms with Crippen LogP contribution in [0.25, 0.3) is 0 Å². The number of unbranched alkanes of at least 4 members (excludes halogenated alkanes) is 1. The van der Waals surface area contributed by atoms with E-state index in [-0.39, 0.29) is 5.25 Å². The van der Waals surface area contributed by atoms with E-state index in [4.69, 9.17) is 5.26 Å². The van der Waals surface area contributed by atoms with Crippen LogP contribution in [0.4, 0.5) is 0 Å². The molecule has 0 bridgehead atoms. The van der Waals surface area contributed by atoms with Gasteiger partial charge in [0.2, 0.25) is 0 Å². The molecule has 10 heavy (non-hydrogen) atoms. The van der Waals surface area contributed by atoms with Crippen LogP contribution in [0.15, 0.2) is 0 Å². The van der Waals surface area contributed by atoms with Crippen LogP contribution in [0.3, 0.4) is 0 Å². The highest BCUT2D eigenvalue weighted by Crippen LogP contribution is 1.97. The molecule has 2 nitrogen and oxygen atoms in total. The molecule has 0 aliphatic carbocycles. The summed E-state index contributed by atoms with van der Waals surface area (Å²) in [5.41, 5.74) is 0. The van der Waals surface area contributed by atoms with Crippen molar-refractivity contribution in [2.75, 3.05) is 5.75 Å². The zero-order valence-corrected chi connectivity index (χ0v) is 7.28. The Labute approximate surface area is 64.7 Å². The number of rotatable bonds is 4. The van der Waals surface area contributed by atoms with Gasteiger partial charge in [-0.2, -0.15) is 5.26 Å². The van der Waals surface area contributed by atoms with Crippen LogP contribution >= 0.6 is 0 Å². The van der Waals surface area contributed by atoms with Gasteiger partial charge in [0.15, 0.2) is 0 Å². The quantitative estimate of drug-likeness (QED) is 0.582. The third-order valence-electron chi connectivity index (χ3n) is 1.16. The largest absolute Gasteiger partial charge is 0.259 e. The number of hydrogen-bond acceptors (Lipinski definition) is 2. The van der Waals surface area contributed by atoms with Crippen LogP contribution in [0.2, 0.25) is 0 Å². The maximum atomic E-state index is 11.0. The van der Waals surface area contributed by atoms with Crippen molar-refractivity contribution in [2.24, 2.45) is 0 Å². The van der Waals surface area contributed by atoms with Crippen molar-refractivity contribution in [2.45, 2.75) is 31.9 Å². The fourth-order valence-electron chi connectivity index (χ4n) is 0.529. The molecule has 0 spiro atoms. The van der Waals surface area contributed by atoms with E-state index in [0.717, 1.165) is 6.42 Å². The Kier molecular flexibility index (Phi) is 5.23. The normalized spacial score (nSPS) is 13.0. The standard InChI is InChI=1S/C7H13NOS/c1-7(2)10(9)6-4-3-5-8/h7H,3-4,6H2,1-2H3. The number of nitrogens with zero attached hydrogens (tertiary/aromatic N) is 1. The Balaban J connectivity index is 3.33. The molecule has 0 rings (SSSR count). The molecule has 0 aromatic carbocycles. The lowest BCUT2D eigenvalue weighted by Gasteiger charge is -2.01. The summed E-state index contributed by atoms with van der Waals surface area (Å²) in [6.45, 7) is 3.87. The smallest absolute Gasteiger partial charge is 0.0622 e. The van der Waals surface area contributed by atoms with Gasteiger partial charge in [-0.15, -0.1) is 0 Å². The van der Waals surface area contributed by atoms with E-state index in [0.29, 0.717) is 12.2 Å². The fourth-order valence-corrected chi connectivity index (χ4v) is 1.43. The van der Waals surface area contributed by atoms with Gasteiger partial charge in [-0.05, 0) is 6.42 Å². The molecule has 0 aliphatic rings. The number of hydrogen-bond donors (Lipinski definition) is 0. The Bertz CT molecular complexity index is 148. The van der Waals surface area contributed by atoms with E-state index in [2.05, 4.69) is 0 Å². The maximum absolute atomic E-state index is 11.0. The summed E-state index contributed by atoms with van der Waals surface area (Å²) >= 11 is 0. The molecule has 0 amide bonds. The van der Waals surface area contributed by atoms with Crippen molar-refractivity contribution in [3.05, 3.63) is 0 Å². The van der Waals surface area contributed by atoms with Crippen LogP contribution < -0.4 is 0 Å². The van der Waals surface area contributed by atoms with E-state index in [9.17, 15) is 4.21 Å². The molecule has 0 aromatic heterocycles. The van der Waals surface area contributed by atoms with Crippen LogP contribution in [0.5, 0.6) is 0 Å². The molecule has 1 atom stereocenters. The molecular formula is C7H13NOS. The predicted octanol–water partition coefficient (Wildman–Crippen LogP) is 1.45. The molecule has 0 aromatic rings. The molecule has 0 aliphatic heterocycles. The molecule has 0 saturated carbocycles. The lowest BCUT2D eigenvalue weighted by Crippen LogP contribution is -2.09. The first kappa shape index (κ1) is 9.64. The highest BCUT2D eigenvalue weighted by atomic mass is 32.2. The highest BCUT2D eigenvalue weighted by molar-refractivity contribution is 7.85. The lowest BCUT2D eigenvalue weighted by molar-refractivity contribution is 0.674. The average molecular weight is 159 g/mol. The summed E-state index contributed by atoms with van der Waals surface area (Å²) in [4.78, 5) is 0. The zero-order chi connectivity index (χ0) is 7.98. The minimum atomic E-state index is -0.724. The van der Waals surface area contributed by atoms with Gasteiger partial charge < -0.3 is 0 Å². The van der Waals surface area contributed by atoms with Gasteiger partial charge in [0.05, 0.1) is 6.07 Å². The summed E-state index contributed by atoms with van der Waals surface area (Å²) in [5, 5.41) is 8.40. The summed E-state index contributed by atoms with van der Waals surface area (Å²) in [7, 11) is -0.724. The van der Waals surface area contributed by atoms with Gasteiger partial charge in [-0.3, -0.25) is 4.21 Å². The van der Waals surface area contributed by atoms with Crippen LogP contribution in [0.1, 0.15) is 26.7 Å². The molecule has 58 valence electrons. The van der Waals surface area contributed by atoms with Crippen molar-refractivity contribution in [3.8, 4) is 6.07 Å². The molecule has 0 N–H and O–H groups in total. The van der Waals surface area contributed by atoms with Gasteiger partial charge in [0.25, 0.3) is 0 Å². The van der Waals surface area contributed by atoms with E-state index < -0.39 is 10.8 Å². The summed E-state index contributed by atoms with van der Waals surface area (Å²) < 4.78 is 11.0. The van der Waals surface area contributed by atoms with Crippen molar-refractivity contribution >= 4 is 10.8 Å². The third-order valence-corrected chi connectivity index (χ3v) is 2.90. The maximum Gasteiger partial charge on any atom is 0.0622 e. The minimum absolute atomic E-state index is 0.235. The van der Waals surface area contributed by atoms with E-state index >= 15 is 0 Å². The van der Waals surface area contributed by atoms with Gasteiger partial charge in [-0.1, -0.05) is 13.8 Å². The third kappa shape index (κ3) is 4.51. The zero-order valence-electron chi connectivity index (χ0n) is 6.46. The van der Waals surface area contributed by atoms with Gasteiger partial charge in [0, 0.05) is 28.2 Å². The highest BCUT2D eigenvalue weighted by Gasteiger charge is 2.02. The van der Waals surface area contributed by atoms with Gasteiger partial charge >= 0.3 is 0 Å². The van der Waals surface area contributed by atoms with Crippen molar-refractivity contribution in [1.82, 2.24) is 0 Å². The molecule has 3 heteroatoms. The molecule has 0 radical (unpaired) electrons. The first-order valence-corrected chi connectivity index (χ1v) is 4.80. The molecular weight excluding hydrogens is 146 g/mol. The van der Waals surface area contributed by atoms with Gasteiger partial charge in [0.1, 0.15) is 0 Å². The Hall–Kier alpha value is -0.360. The molecule has 0 saturated heterocycles. The van der Waals surface area contributed by atoms with Crippen molar-refractivity contribution < 1.29 is 4.21 Å². The van der Waals surface area contributed by atoms with Crippen LogP contribution in [-0.4, -0.2) is 15.2 Å². The second kappa shape index (κ2) is 5.43. The Morgan fingerprint density at radius 3 is 2.60 bits per heavy atom. The summed E-state index contributed by atoms with van der Waals surface area (Å²) in [5.74, 6) is 0.672. The van der Waals surface area contributed by atoms with Crippen molar-refractivity contribution in [3.63, 3.8) is 0 Å². The Morgan fingerprint density at radius 1 is 1.60 bits per heavy atom. The average Bonchev–Trinajstić information content (AvgIpc) is 1.88. The van der Waals surface area contributed by atoms with E-state index in [1.54, 1.807) is 0 Å². The second-order valence-corrected chi connectivity index (χ2v) is 4.51. The fraction of sp³-hybridized carbons (Fsp3) is 0.857. The SMILES string of the molecule is CC(C)S(=O)CCCC#N. The molecule has 0 heterocycles. The van der Waals surface area contributed by atoms with Crippen LogP contribution in [-0.2, 0) is 10.8 Å². The summed E-state index contributed by atoms with van der Waals surface area (Å²) in [6, 6.07) is 2.03. The topological polar surface area (TPSA) is 40.9 Å². The van der Waals surface area contributed by atoms with Crippen molar-refractivity contribution in [1.29, 1.82) is 5.26 Å². The minimum Gasteiger partial charge on any atom is -0.259 e. The predicted molar refractivity (Wildman–Crippen MR) is 43.0 cm³/mol. The Morgan fingerprint density at radius 2 is 2.20 bits per heavy atom. The second-order valence-electron chi connectivity index (χ2n) is 2.40. The summed E-state index contributed by atoms with van der Waals surface area (Å²) in [6.07, 6.45) is 1.29. The molecule has 1 unspecified atom stereocenters. The first-order chi connectivity index (χ1) is 4.68. The first-order valence-electron chi connectivity index (χ1n) is 3.42. The van der Waals surface area contributed by atoms with Crippen LogP contribution in [0, 0.1) is 11.3 Å². The van der Waals surface area contributed by atoms with Gasteiger partial charge in [-0.25, -0.2) is 0 Å². The lowest BCUT2D eigenvalue weighted by atomic mass is 10.4. The number of nitriles is 1.